The number of likely N-dealkylation sites (N-methyl/N-ethyl adjacent to an activating group) is 1. The lowest BCUT2D eigenvalue weighted by atomic mass is 10.0. The zero-order chi connectivity index (χ0) is 19.6. The predicted molar refractivity (Wildman–Crippen MR) is 108 cm³/mol. The van der Waals surface area contributed by atoms with Crippen LogP contribution in [0.3, 0.4) is 0 Å². The molecule has 1 aromatic carbocycles. The van der Waals surface area contributed by atoms with Crippen molar-refractivity contribution in [3.8, 4) is 11.5 Å². The van der Waals surface area contributed by atoms with Crippen LogP contribution in [-0.4, -0.2) is 75.2 Å². The molecule has 6 nitrogen and oxygen atoms in total. The van der Waals surface area contributed by atoms with E-state index in [1.165, 1.54) is 0 Å². The minimum Gasteiger partial charge on any atom is -0.497 e. The first kappa shape index (κ1) is 21.5. The Kier molecular flexibility index (Phi) is 8.88. The number of ether oxygens (including phenoxy) is 2. The van der Waals surface area contributed by atoms with Crippen LogP contribution < -0.4 is 14.8 Å². The molecule has 152 valence electrons. The number of nitrogens with one attached hydrogen (secondary N) is 1. The molecular weight excluding hydrogens is 342 g/mol. The molecule has 0 spiro atoms. The van der Waals surface area contributed by atoms with Crippen LogP contribution in [0.5, 0.6) is 11.5 Å². The van der Waals surface area contributed by atoms with Crippen LogP contribution >= 0.6 is 0 Å². The Morgan fingerprint density at radius 1 is 1.11 bits per heavy atom. The predicted octanol–water partition coefficient (Wildman–Crippen LogP) is 2.24. The fraction of sp³-hybridized carbons (Fsp3) is 0.667. The van der Waals surface area contributed by atoms with Gasteiger partial charge in [-0.2, -0.15) is 0 Å². The van der Waals surface area contributed by atoms with Gasteiger partial charge in [0.1, 0.15) is 11.5 Å². The van der Waals surface area contributed by atoms with Crippen molar-refractivity contribution < 1.29 is 14.3 Å². The van der Waals surface area contributed by atoms with Gasteiger partial charge in [0.2, 0.25) is 5.91 Å². The topological polar surface area (TPSA) is 54.0 Å². The van der Waals surface area contributed by atoms with Crippen molar-refractivity contribution in [3.05, 3.63) is 24.3 Å². The van der Waals surface area contributed by atoms with Crippen molar-refractivity contribution in [1.82, 2.24) is 15.1 Å². The third-order valence-electron chi connectivity index (χ3n) is 5.16. The molecule has 1 fully saturated rings. The summed E-state index contributed by atoms with van der Waals surface area (Å²) in [5.41, 5.74) is 0. The van der Waals surface area contributed by atoms with Gasteiger partial charge in [0.05, 0.1) is 13.7 Å². The zero-order valence-corrected chi connectivity index (χ0v) is 17.2. The maximum absolute atomic E-state index is 12.2. The number of hydrogen-bond acceptors (Lipinski definition) is 5. The molecule has 1 unspecified atom stereocenters. The molecule has 1 N–H and O–H groups in total. The second kappa shape index (κ2) is 11.1. The SMILES string of the molecule is COc1ccc(OCCCC(=O)NCC(C(C)C)N2CCN(C)CC2)cc1. The van der Waals surface area contributed by atoms with Gasteiger partial charge in [0, 0.05) is 45.2 Å². The summed E-state index contributed by atoms with van der Waals surface area (Å²) in [6.07, 6.45) is 1.20. The van der Waals surface area contributed by atoms with E-state index in [4.69, 9.17) is 9.47 Å². The number of hydrogen-bond donors (Lipinski definition) is 1. The fourth-order valence-corrected chi connectivity index (χ4v) is 3.34. The van der Waals surface area contributed by atoms with E-state index in [1.807, 2.05) is 24.3 Å². The van der Waals surface area contributed by atoms with Crippen molar-refractivity contribution in [2.75, 3.05) is 53.5 Å². The number of amides is 1. The minimum absolute atomic E-state index is 0.105. The number of carbonyl (C=O) groups excluding carboxylic acids is 1. The van der Waals surface area contributed by atoms with Gasteiger partial charge in [-0.05, 0) is 43.7 Å². The monoisotopic (exact) mass is 377 g/mol. The first-order valence-corrected chi connectivity index (χ1v) is 9.95. The highest BCUT2D eigenvalue weighted by Gasteiger charge is 2.25. The van der Waals surface area contributed by atoms with Crippen LogP contribution in [0.2, 0.25) is 0 Å². The average molecular weight is 378 g/mol. The molecular formula is C21H35N3O3. The van der Waals surface area contributed by atoms with E-state index in [9.17, 15) is 4.79 Å². The van der Waals surface area contributed by atoms with Gasteiger partial charge in [0.15, 0.2) is 0 Å². The summed E-state index contributed by atoms with van der Waals surface area (Å²) in [5.74, 6) is 2.23. The van der Waals surface area contributed by atoms with E-state index in [-0.39, 0.29) is 5.91 Å². The highest BCUT2D eigenvalue weighted by molar-refractivity contribution is 5.75. The summed E-state index contributed by atoms with van der Waals surface area (Å²) in [6.45, 7) is 10.1. The molecule has 0 aliphatic carbocycles. The Balaban J connectivity index is 1.65. The molecule has 0 bridgehead atoms. The lowest BCUT2D eigenvalue weighted by Crippen LogP contribution is -2.54. The number of rotatable bonds is 10. The van der Waals surface area contributed by atoms with Crippen LogP contribution in [0, 0.1) is 5.92 Å². The van der Waals surface area contributed by atoms with Crippen LogP contribution in [0.1, 0.15) is 26.7 Å². The average Bonchev–Trinajstić information content (AvgIpc) is 2.67. The summed E-state index contributed by atoms with van der Waals surface area (Å²) < 4.78 is 10.8. The van der Waals surface area contributed by atoms with Crippen molar-refractivity contribution in [3.63, 3.8) is 0 Å². The zero-order valence-electron chi connectivity index (χ0n) is 17.2. The molecule has 27 heavy (non-hydrogen) atoms. The first-order chi connectivity index (χ1) is 13.0. The van der Waals surface area contributed by atoms with E-state index < -0.39 is 0 Å². The van der Waals surface area contributed by atoms with Crippen molar-refractivity contribution in [1.29, 1.82) is 0 Å². The van der Waals surface area contributed by atoms with E-state index in [2.05, 4.69) is 36.0 Å². The molecule has 1 aliphatic rings. The Labute approximate surface area is 163 Å². The number of carbonyl (C=O) groups is 1. The van der Waals surface area contributed by atoms with Gasteiger partial charge in [-0.3, -0.25) is 9.69 Å². The quantitative estimate of drug-likeness (QED) is 0.634. The second-order valence-corrected chi connectivity index (χ2v) is 7.58. The van der Waals surface area contributed by atoms with E-state index >= 15 is 0 Å². The smallest absolute Gasteiger partial charge is 0.220 e. The van der Waals surface area contributed by atoms with E-state index in [1.54, 1.807) is 7.11 Å². The van der Waals surface area contributed by atoms with Gasteiger partial charge < -0.3 is 19.7 Å². The molecule has 1 aliphatic heterocycles. The summed E-state index contributed by atoms with van der Waals surface area (Å²) in [7, 11) is 3.81. The standard InChI is InChI=1S/C21H35N3O3/c1-17(2)20(24-13-11-23(3)12-14-24)16-22-21(25)6-5-15-27-19-9-7-18(26-4)8-10-19/h7-10,17,20H,5-6,11-16H2,1-4H3,(H,22,25). The van der Waals surface area contributed by atoms with Gasteiger partial charge in [-0.25, -0.2) is 0 Å². The third-order valence-corrected chi connectivity index (χ3v) is 5.16. The molecule has 0 aromatic heterocycles. The number of piperazine rings is 1. The fourth-order valence-electron chi connectivity index (χ4n) is 3.34. The molecule has 1 amide bonds. The van der Waals surface area contributed by atoms with Crippen LogP contribution in [-0.2, 0) is 4.79 Å². The molecule has 2 rings (SSSR count). The van der Waals surface area contributed by atoms with Gasteiger partial charge >= 0.3 is 0 Å². The Hall–Kier alpha value is -1.79. The van der Waals surface area contributed by atoms with Gasteiger partial charge in [0.25, 0.3) is 0 Å². The third kappa shape index (κ3) is 7.39. The minimum atomic E-state index is 0.105. The molecule has 1 aromatic rings. The highest BCUT2D eigenvalue weighted by Crippen LogP contribution is 2.17. The summed E-state index contributed by atoms with van der Waals surface area (Å²) in [5, 5.41) is 3.12. The van der Waals surface area contributed by atoms with Gasteiger partial charge in [-0.15, -0.1) is 0 Å². The number of nitrogens with zero attached hydrogens (tertiary/aromatic N) is 2. The molecule has 0 saturated carbocycles. The Morgan fingerprint density at radius 2 is 1.74 bits per heavy atom. The normalized spacial score (nSPS) is 16.9. The summed E-state index contributed by atoms with van der Waals surface area (Å²) in [6, 6.07) is 7.89. The van der Waals surface area contributed by atoms with Crippen molar-refractivity contribution in [2.45, 2.75) is 32.7 Å². The van der Waals surface area contributed by atoms with Crippen LogP contribution in [0.4, 0.5) is 0 Å². The maximum atomic E-state index is 12.2. The van der Waals surface area contributed by atoms with Crippen LogP contribution in [0.25, 0.3) is 0 Å². The lowest BCUT2D eigenvalue weighted by molar-refractivity contribution is -0.121. The number of benzene rings is 1. The maximum Gasteiger partial charge on any atom is 0.220 e. The first-order valence-electron chi connectivity index (χ1n) is 9.95. The van der Waals surface area contributed by atoms with Gasteiger partial charge in [-0.1, -0.05) is 13.8 Å². The Bertz CT molecular complexity index is 554. The van der Waals surface area contributed by atoms with E-state index in [0.29, 0.717) is 31.4 Å². The number of methoxy groups -OCH3 is 1. The van der Waals surface area contributed by atoms with Crippen molar-refractivity contribution >= 4 is 5.91 Å². The van der Waals surface area contributed by atoms with Crippen LogP contribution in [0.15, 0.2) is 24.3 Å². The molecule has 1 heterocycles. The lowest BCUT2D eigenvalue weighted by Gasteiger charge is -2.39. The largest absolute Gasteiger partial charge is 0.497 e. The highest BCUT2D eigenvalue weighted by atomic mass is 16.5. The summed E-state index contributed by atoms with van der Waals surface area (Å²) >= 11 is 0. The molecule has 0 radical (unpaired) electrons. The molecule has 1 atom stereocenters. The molecule has 1 saturated heterocycles. The second-order valence-electron chi connectivity index (χ2n) is 7.58. The van der Waals surface area contributed by atoms with E-state index in [0.717, 1.165) is 44.2 Å². The van der Waals surface area contributed by atoms with Crippen molar-refractivity contribution in [2.24, 2.45) is 5.92 Å². The molecule has 6 heteroatoms. The summed E-state index contributed by atoms with van der Waals surface area (Å²) in [4.78, 5) is 17.1. The Morgan fingerprint density at radius 3 is 2.33 bits per heavy atom.